The number of likely N-dealkylation sites (tertiary alicyclic amines) is 1. The van der Waals surface area contributed by atoms with Crippen molar-refractivity contribution in [1.82, 2.24) is 19.4 Å². The number of rotatable bonds is 2. The quantitative estimate of drug-likeness (QED) is 0.909. The van der Waals surface area contributed by atoms with E-state index in [1.54, 1.807) is 12.4 Å². The van der Waals surface area contributed by atoms with Gasteiger partial charge in [0.1, 0.15) is 0 Å². The van der Waals surface area contributed by atoms with Crippen LogP contribution in [0.5, 0.6) is 0 Å². The Bertz CT molecular complexity index is 717. The average molecular weight is 284 g/mol. The van der Waals surface area contributed by atoms with Crippen LogP contribution < -0.4 is 5.56 Å². The van der Waals surface area contributed by atoms with Crippen molar-refractivity contribution >= 4 is 0 Å². The van der Waals surface area contributed by atoms with Crippen LogP contribution in [0.3, 0.4) is 0 Å². The molecule has 2 aliphatic rings. The smallest absolute Gasteiger partial charge is 0.250 e. The minimum atomic E-state index is 0.152. The molecule has 4 rings (SSSR count). The number of aromatic amines is 1. The number of aromatic nitrogens is 3. The number of nitrogens with one attached hydrogen (secondary N) is 1. The Balaban J connectivity index is 1.59. The Hall–Kier alpha value is -1.88. The molecule has 0 radical (unpaired) electrons. The molecule has 0 saturated carbocycles. The van der Waals surface area contributed by atoms with Gasteiger partial charge >= 0.3 is 0 Å². The minimum Gasteiger partial charge on any atom is -0.348 e. The van der Waals surface area contributed by atoms with E-state index in [4.69, 9.17) is 0 Å². The molecule has 0 spiro atoms. The molecule has 2 aliphatic heterocycles. The summed E-state index contributed by atoms with van der Waals surface area (Å²) < 4.78 is 1.98. The first kappa shape index (κ1) is 12.8. The number of aryl methyl sites for hydroxylation is 1. The highest BCUT2D eigenvalue weighted by Crippen LogP contribution is 2.35. The molecule has 0 aromatic carbocycles. The van der Waals surface area contributed by atoms with Crippen LogP contribution >= 0.6 is 0 Å². The number of H-pyrrole nitrogens is 1. The molecule has 5 nitrogen and oxygen atoms in total. The summed E-state index contributed by atoms with van der Waals surface area (Å²) in [5.74, 6) is 1.06. The van der Waals surface area contributed by atoms with Crippen molar-refractivity contribution in [2.24, 2.45) is 5.92 Å². The number of imidazole rings is 1. The van der Waals surface area contributed by atoms with E-state index in [-0.39, 0.29) is 5.56 Å². The van der Waals surface area contributed by atoms with Crippen molar-refractivity contribution in [2.45, 2.75) is 32.4 Å². The summed E-state index contributed by atoms with van der Waals surface area (Å²) in [5.41, 5.74) is 3.66. The van der Waals surface area contributed by atoms with E-state index in [9.17, 15) is 4.79 Å². The van der Waals surface area contributed by atoms with Gasteiger partial charge in [0, 0.05) is 49.6 Å². The maximum absolute atomic E-state index is 12.0. The van der Waals surface area contributed by atoms with Gasteiger partial charge in [-0.1, -0.05) is 6.07 Å². The zero-order valence-corrected chi connectivity index (χ0v) is 12.2. The predicted octanol–water partition coefficient (Wildman–Crippen LogP) is 1.50. The first-order chi connectivity index (χ1) is 10.2. The van der Waals surface area contributed by atoms with Crippen LogP contribution in [0.1, 0.15) is 29.4 Å². The molecule has 0 aliphatic carbocycles. The van der Waals surface area contributed by atoms with E-state index < -0.39 is 0 Å². The van der Waals surface area contributed by atoms with Crippen LogP contribution in [0.15, 0.2) is 29.3 Å². The van der Waals surface area contributed by atoms with E-state index in [1.165, 1.54) is 12.1 Å². The number of fused-ring (bicyclic) bond motifs is 4. The van der Waals surface area contributed by atoms with Crippen LogP contribution in [0, 0.1) is 12.8 Å². The van der Waals surface area contributed by atoms with E-state index >= 15 is 0 Å². The molecule has 1 fully saturated rings. The fourth-order valence-electron chi connectivity index (χ4n) is 3.88. The van der Waals surface area contributed by atoms with Gasteiger partial charge in [0.05, 0.1) is 12.0 Å². The third-order valence-corrected chi connectivity index (χ3v) is 4.86. The maximum Gasteiger partial charge on any atom is 0.250 e. The SMILES string of the molecule is Cc1[nH]cnc1CN1CC2CC(C1)c1cccc(=O)n1C2. The van der Waals surface area contributed by atoms with Gasteiger partial charge in [0.15, 0.2) is 0 Å². The van der Waals surface area contributed by atoms with Gasteiger partial charge in [-0.15, -0.1) is 0 Å². The lowest BCUT2D eigenvalue weighted by molar-refractivity contribution is 0.113. The molecule has 21 heavy (non-hydrogen) atoms. The Morgan fingerprint density at radius 3 is 3.05 bits per heavy atom. The van der Waals surface area contributed by atoms with Gasteiger partial charge in [-0.25, -0.2) is 4.98 Å². The first-order valence-corrected chi connectivity index (χ1v) is 7.61. The first-order valence-electron chi connectivity index (χ1n) is 7.61. The summed E-state index contributed by atoms with van der Waals surface area (Å²) in [4.78, 5) is 22.1. The fourth-order valence-corrected chi connectivity index (χ4v) is 3.88. The van der Waals surface area contributed by atoms with Crippen LogP contribution in [-0.4, -0.2) is 32.5 Å². The summed E-state index contributed by atoms with van der Waals surface area (Å²) >= 11 is 0. The molecular formula is C16H20N4O. The maximum atomic E-state index is 12.0. The zero-order valence-electron chi connectivity index (χ0n) is 12.2. The average Bonchev–Trinajstić information content (AvgIpc) is 2.86. The van der Waals surface area contributed by atoms with E-state index in [0.29, 0.717) is 11.8 Å². The molecular weight excluding hydrogens is 264 g/mol. The monoisotopic (exact) mass is 284 g/mol. The molecule has 1 saturated heterocycles. The number of hydrogen-bond donors (Lipinski definition) is 1. The number of hydrogen-bond acceptors (Lipinski definition) is 3. The largest absolute Gasteiger partial charge is 0.348 e. The second-order valence-corrected chi connectivity index (χ2v) is 6.37. The molecule has 5 heteroatoms. The molecule has 110 valence electrons. The molecule has 1 N–H and O–H groups in total. The van der Waals surface area contributed by atoms with Crippen LogP contribution in [0.4, 0.5) is 0 Å². The van der Waals surface area contributed by atoms with Crippen molar-refractivity contribution in [3.8, 4) is 0 Å². The lowest BCUT2D eigenvalue weighted by Crippen LogP contribution is -2.46. The van der Waals surface area contributed by atoms with E-state index in [0.717, 1.165) is 37.6 Å². The molecule has 2 atom stereocenters. The standard InChI is InChI=1S/C16H20N4O/c1-11-14(18-10-17-11)9-19-6-12-5-13(8-19)15-3-2-4-16(21)20(15)7-12/h2-4,10,12-13H,5-9H2,1H3,(H,17,18). The lowest BCUT2D eigenvalue weighted by Gasteiger charge is -2.42. The Morgan fingerprint density at radius 1 is 1.33 bits per heavy atom. The van der Waals surface area contributed by atoms with Crippen molar-refractivity contribution in [3.05, 3.63) is 52.0 Å². The van der Waals surface area contributed by atoms with Gasteiger partial charge in [0.2, 0.25) is 0 Å². The van der Waals surface area contributed by atoms with Crippen molar-refractivity contribution < 1.29 is 0 Å². The van der Waals surface area contributed by atoms with Gasteiger partial charge in [0.25, 0.3) is 5.56 Å². The van der Waals surface area contributed by atoms with Gasteiger partial charge in [-0.05, 0) is 25.3 Å². The van der Waals surface area contributed by atoms with Crippen molar-refractivity contribution in [3.63, 3.8) is 0 Å². The zero-order chi connectivity index (χ0) is 14.4. The molecule has 2 unspecified atom stereocenters. The second-order valence-electron chi connectivity index (χ2n) is 6.37. The highest BCUT2D eigenvalue weighted by Gasteiger charge is 2.34. The van der Waals surface area contributed by atoms with E-state index in [2.05, 4.69) is 27.9 Å². The van der Waals surface area contributed by atoms with Crippen molar-refractivity contribution in [1.29, 1.82) is 0 Å². The summed E-state index contributed by atoms with van der Waals surface area (Å²) in [5, 5.41) is 0. The molecule has 2 aromatic rings. The summed E-state index contributed by atoms with van der Waals surface area (Å²) in [6.07, 6.45) is 2.98. The van der Waals surface area contributed by atoms with Gasteiger partial charge in [-0.3, -0.25) is 9.69 Å². The van der Waals surface area contributed by atoms with Crippen LogP contribution in [-0.2, 0) is 13.1 Å². The summed E-state index contributed by atoms with van der Waals surface area (Å²) in [6.45, 7) is 5.92. The molecule has 0 amide bonds. The number of piperidine rings is 1. The fraction of sp³-hybridized carbons (Fsp3) is 0.500. The Kier molecular flexibility index (Phi) is 2.96. The van der Waals surface area contributed by atoms with Crippen LogP contribution in [0.2, 0.25) is 0 Å². The normalized spacial score (nSPS) is 24.8. The van der Waals surface area contributed by atoms with Gasteiger partial charge in [-0.2, -0.15) is 0 Å². The third kappa shape index (κ3) is 2.21. The van der Waals surface area contributed by atoms with Crippen LogP contribution in [0.25, 0.3) is 0 Å². The molecule has 2 bridgehead atoms. The highest BCUT2D eigenvalue weighted by molar-refractivity contribution is 5.17. The van der Waals surface area contributed by atoms with Gasteiger partial charge < -0.3 is 9.55 Å². The second kappa shape index (κ2) is 4.84. The summed E-state index contributed by atoms with van der Waals surface area (Å²) in [7, 11) is 0. The van der Waals surface area contributed by atoms with Crippen molar-refractivity contribution in [2.75, 3.05) is 13.1 Å². The summed E-state index contributed by atoms with van der Waals surface area (Å²) in [6, 6.07) is 5.69. The Morgan fingerprint density at radius 2 is 2.24 bits per heavy atom. The highest BCUT2D eigenvalue weighted by atomic mass is 16.1. The third-order valence-electron chi connectivity index (χ3n) is 4.86. The lowest BCUT2D eigenvalue weighted by atomic mass is 9.83. The number of nitrogens with zero attached hydrogens (tertiary/aromatic N) is 3. The molecule has 2 aromatic heterocycles. The predicted molar refractivity (Wildman–Crippen MR) is 80.2 cm³/mol. The molecule has 4 heterocycles. The minimum absolute atomic E-state index is 0.152. The topological polar surface area (TPSA) is 53.9 Å². The Labute approximate surface area is 123 Å². The van der Waals surface area contributed by atoms with E-state index in [1.807, 2.05) is 10.6 Å². The number of pyridine rings is 1.